The number of carbonyl (C=O) groups excluding carboxylic acids is 1. The number of amides is 1. The summed E-state index contributed by atoms with van der Waals surface area (Å²) in [5.41, 5.74) is 5.88. The smallest absolute Gasteiger partial charge is 0.242 e. The minimum absolute atomic E-state index is 0.0671. The van der Waals surface area contributed by atoms with E-state index in [2.05, 4.69) is 4.72 Å². The zero-order valence-electron chi connectivity index (χ0n) is 11.7. The van der Waals surface area contributed by atoms with Crippen molar-refractivity contribution < 1.29 is 13.2 Å². The van der Waals surface area contributed by atoms with Crippen LogP contribution < -0.4 is 10.5 Å². The number of nitrogens with two attached hydrogens (primary N) is 1. The Morgan fingerprint density at radius 1 is 1.38 bits per heavy atom. The fourth-order valence-electron chi connectivity index (χ4n) is 2.28. The molecule has 0 aromatic heterocycles. The number of likely N-dealkylation sites (tertiary alicyclic amines) is 1. The Labute approximate surface area is 129 Å². The first-order valence-corrected chi connectivity index (χ1v) is 8.53. The second-order valence-corrected chi connectivity index (χ2v) is 7.15. The van der Waals surface area contributed by atoms with Crippen LogP contribution in [0.2, 0.25) is 5.02 Å². The molecule has 1 unspecified atom stereocenters. The highest BCUT2D eigenvalue weighted by Gasteiger charge is 2.28. The SMILES string of the molecule is CC(NS(=O)(=O)c1cc(N)ccc1Cl)C(=O)N1CCCC1. The van der Waals surface area contributed by atoms with Crippen LogP contribution in [-0.4, -0.2) is 38.4 Å². The number of nitrogens with one attached hydrogen (secondary N) is 1. The normalized spacial score (nSPS) is 17.0. The van der Waals surface area contributed by atoms with E-state index in [9.17, 15) is 13.2 Å². The minimum atomic E-state index is -3.90. The van der Waals surface area contributed by atoms with Crippen LogP contribution in [0.25, 0.3) is 0 Å². The van der Waals surface area contributed by atoms with Crippen LogP contribution in [0.5, 0.6) is 0 Å². The maximum atomic E-state index is 12.3. The van der Waals surface area contributed by atoms with Gasteiger partial charge in [0.1, 0.15) is 4.90 Å². The van der Waals surface area contributed by atoms with Crippen LogP contribution in [0.4, 0.5) is 5.69 Å². The van der Waals surface area contributed by atoms with Gasteiger partial charge in [-0.25, -0.2) is 8.42 Å². The van der Waals surface area contributed by atoms with Crippen LogP contribution >= 0.6 is 11.6 Å². The maximum Gasteiger partial charge on any atom is 0.242 e. The number of rotatable bonds is 4. The molecule has 1 aromatic rings. The highest BCUT2D eigenvalue weighted by molar-refractivity contribution is 7.89. The molecule has 0 saturated carbocycles. The predicted molar refractivity (Wildman–Crippen MR) is 81.5 cm³/mol. The highest BCUT2D eigenvalue weighted by atomic mass is 35.5. The minimum Gasteiger partial charge on any atom is -0.399 e. The van der Waals surface area contributed by atoms with E-state index in [-0.39, 0.29) is 15.8 Å². The maximum absolute atomic E-state index is 12.3. The molecule has 8 heteroatoms. The number of hydrogen-bond acceptors (Lipinski definition) is 4. The summed E-state index contributed by atoms with van der Waals surface area (Å²) in [4.78, 5) is 13.7. The Hall–Kier alpha value is -1.31. The summed E-state index contributed by atoms with van der Waals surface area (Å²) in [5, 5.41) is 0.0671. The number of nitrogens with zero attached hydrogens (tertiary/aromatic N) is 1. The number of carbonyl (C=O) groups is 1. The number of sulfonamides is 1. The molecule has 0 aliphatic carbocycles. The summed E-state index contributed by atoms with van der Waals surface area (Å²) in [6.07, 6.45) is 1.90. The van der Waals surface area contributed by atoms with Gasteiger partial charge in [0.2, 0.25) is 15.9 Å². The number of nitrogen functional groups attached to an aromatic ring is 1. The van der Waals surface area contributed by atoms with Gasteiger partial charge in [0.15, 0.2) is 0 Å². The third kappa shape index (κ3) is 3.66. The average molecular weight is 332 g/mol. The fourth-order valence-corrected chi connectivity index (χ4v) is 4.02. The molecule has 1 amide bonds. The van der Waals surface area contributed by atoms with Gasteiger partial charge >= 0.3 is 0 Å². The van der Waals surface area contributed by atoms with Crippen molar-refractivity contribution in [2.45, 2.75) is 30.7 Å². The molecular formula is C13H18ClN3O3S. The second kappa shape index (κ2) is 6.21. The van der Waals surface area contributed by atoms with Gasteiger partial charge < -0.3 is 10.6 Å². The zero-order valence-corrected chi connectivity index (χ0v) is 13.2. The molecule has 1 atom stereocenters. The Morgan fingerprint density at radius 2 is 2.00 bits per heavy atom. The molecule has 2 rings (SSSR count). The van der Waals surface area contributed by atoms with Gasteiger partial charge in [-0.3, -0.25) is 4.79 Å². The number of anilines is 1. The third-order valence-corrected chi connectivity index (χ3v) is 5.39. The van der Waals surface area contributed by atoms with Gasteiger partial charge in [0.25, 0.3) is 0 Å². The monoisotopic (exact) mass is 331 g/mol. The molecule has 6 nitrogen and oxygen atoms in total. The van der Waals surface area contributed by atoms with Crippen molar-refractivity contribution in [1.82, 2.24) is 9.62 Å². The van der Waals surface area contributed by atoms with Gasteiger partial charge in [0, 0.05) is 18.8 Å². The predicted octanol–water partition coefficient (Wildman–Crippen LogP) is 1.21. The molecule has 1 aliphatic rings. The van der Waals surface area contributed by atoms with Crippen molar-refractivity contribution in [2.24, 2.45) is 0 Å². The fraction of sp³-hybridized carbons (Fsp3) is 0.462. The number of hydrogen-bond donors (Lipinski definition) is 2. The standard InChI is InChI=1S/C13H18ClN3O3S/c1-9(13(18)17-6-2-3-7-17)16-21(19,20)12-8-10(15)4-5-11(12)14/h4-5,8-9,16H,2-3,6-7,15H2,1H3. The van der Waals surface area contributed by atoms with Crippen LogP contribution in [0, 0.1) is 0 Å². The summed E-state index contributed by atoms with van der Waals surface area (Å²) in [6.45, 7) is 2.87. The van der Waals surface area contributed by atoms with E-state index in [1.54, 1.807) is 4.90 Å². The molecule has 21 heavy (non-hydrogen) atoms. The van der Waals surface area contributed by atoms with Crippen molar-refractivity contribution in [3.05, 3.63) is 23.2 Å². The first-order valence-electron chi connectivity index (χ1n) is 6.67. The molecule has 1 fully saturated rings. The van der Waals surface area contributed by atoms with E-state index in [1.807, 2.05) is 0 Å². The van der Waals surface area contributed by atoms with Crippen LogP contribution in [0.15, 0.2) is 23.1 Å². The molecule has 0 bridgehead atoms. The molecular weight excluding hydrogens is 314 g/mol. The lowest BCUT2D eigenvalue weighted by atomic mass is 10.3. The Morgan fingerprint density at radius 3 is 2.62 bits per heavy atom. The van der Waals surface area contributed by atoms with Crippen LogP contribution in [0.3, 0.4) is 0 Å². The molecule has 3 N–H and O–H groups in total. The average Bonchev–Trinajstić information content (AvgIpc) is 2.94. The zero-order chi connectivity index (χ0) is 15.6. The van der Waals surface area contributed by atoms with Gasteiger partial charge in [-0.2, -0.15) is 4.72 Å². The lowest BCUT2D eigenvalue weighted by Crippen LogP contribution is -2.45. The Balaban J connectivity index is 2.16. The van der Waals surface area contributed by atoms with E-state index in [1.165, 1.54) is 25.1 Å². The van der Waals surface area contributed by atoms with Gasteiger partial charge in [-0.1, -0.05) is 11.6 Å². The van der Waals surface area contributed by atoms with Crippen molar-refractivity contribution in [3.8, 4) is 0 Å². The Kier molecular flexibility index (Phi) is 4.75. The summed E-state index contributed by atoms with van der Waals surface area (Å²) in [7, 11) is -3.90. The number of benzene rings is 1. The van der Waals surface area contributed by atoms with E-state index < -0.39 is 16.1 Å². The molecule has 1 aliphatic heterocycles. The summed E-state index contributed by atoms with van der Waals surface area (Å²) in [6, 6.07) is 3.36. The second-order valence-electron chi connectivity index (χ2n) is 5.07. The third-order valence-electron chi connectivity index (χ3n) is 3.36. The van der Waals surface area contributed by atoms with Gasteiger partial charge in [-0.15, -0.1) is 0 Å². The first kappa shape index (κ1) is 16.1. The first-order chi connectivity index (χ1) is 9.81. The van der Waals surface area contributed by atoms with Crippen molar-refractivity contribution >= 4 is 33.2 Å². The molecule has 1 heterocycles. The largest absolute Gasteiger partial charge is 0.399 e. The van der Waals surface area contributed by atoms with Crippen molar-refractivity contribution in [2.75, 3.05) is 18.8 Å². The van der Waals surface area contributed by atoms with Gasteiger partial charge in [-0.05, 0) is 38.0 Å². The lowest BCUT2D eigenvalue weighted by molar-refractivity contribution is -0.131. The van der Waals surface area contributed by atoms with E-state index in [0.717, 1.165) is 12.8 Å². The molecule has 1 aromatic carbocycles. The molecule has 1 saturated heterocycles. The molecule has 0 spiro atoms. The summed E-state index contributed by atoms with van der Waals surface area (Å²) in [5.74, 6) is -0.226. The number of halogens is 1. The molecule has 116 valence electrons. The summed E-state index contributed by atoms with van der Waals surface area (Å²) < 4.78 is 27.0. The van der Waals surface area contributed by atoms with E-state index in [4.69, 9.17) is 17.3 Å². The van der Waals surface area contributed by atoms with E-state index >= 15 is 0 Å². The quantitative estimate of drug-likeness (QED) is 0.811. The lowest BCUT2D eigenvalue weighted by Gasteiger charge is -2.21. The van der Waals surface area contributed by atoms with E-state index in [0.29, 0.717) is 18.8 Å². The Bertz CT molecular complexity index is 642. The topological polar surface area (TPSA) is 92.5 Å². The summed E-state index contributed by atoms with van der Waals surface area (Å²) >= 11 is 5.90. The van der Waals surface area contributed by atoms with Crippen LogP contribution in [0.1, 0.15) is 19.8 Å². The van der Waals surface area contributed by atoms with Crippen molar-refractivity contribution in [3.63, 3.8) is 0 Å². The molecule has 0 radical (unpaired) electrons. The van der Waals surface area contributed by atoms with Crippen LogP contribution in [-0.2, 0) is 14.8 Å². The highest BCUT2D eigenvalue weighted by Crippen LogP contribution is 2.24. The van der Waals surface area contributed by atoms with Crippen molar-refractivity contribution in [1.29, 1.82) is 0 Å². The van der Waals surface area contributed by atoms with Gasteiger partial charge in [0.05, 0.1) is 11.1 Å².